The maximum absolute atomic E-state index is 10.9. The summed E-state index contributed by atoms with van der Waals surface area (Å²) >= 11 is 0. The quantitative estimate of drug-likeness (QED) is 0.677. The molecule has 20 heavy (non-hydrogen) atoms. The summed E-state index contributed by atoms with van der Waals surface area (Å²) in [6.07, 6.45) is 0. The minimum atomic E-state index is -0.602. The van der Waals surface area contributed by atoms with Crippen LogP contribution in [0.5, 0.6) is 0 Å². The molecule has 96 valence electrons. The highest BCUT2D eigenvalue weighted by molar-refractivity contribution is 5.66. The number of hydrogen-bond acceptors (Lipinski definition) is 5. The summed E-state index contributed by atoms with van der Waals surface area (Å²) in [4.78, 5) is 10.3. The van der Waals surface area contributed by atoms with Crippen molar-refractivity contribution in [2.24, 2.45) is 0 Å². The third-order valence-corrected chi connectivity index (χ3v) is 2.60. The molecule has 1 N–H and O–H groups in total. The van der Waals surface area contributed by atoms with E-state index in [1.807, 2.05) is 6.07 Å². The summed E-state index contributed by atoms with van der Waals surface area (Å²) in [5.41, 5.74) is 1.35. The van der Waals surface area contributed by atoms with Crippen LogP contribution in [0.25, 0.3) is 0 Å². The van der Waals surface area contributed by atoms with E-state index in [4.69, 9.17) is 10.5 Å². The van der Waals surface area contributed by atoms with Gasteiger partial charge in [-0.05, 0) is 30.3 Å². The number of nitriles is 2. The van der Waals surface area contributed by atoms with E-state index in [0.29, 0.717) is 16.9 Å². The average molecular weight is 264 g/mol. The van der Waals surface area contributed by atoms with Gasteiger partial charge in [0.15, 0.2) is 0 Å². The third-order valence-electron chi connectivity index (χ3n) is 2.60. The van der Waals surface area contributed by atoms with Crippen LogP contribution in [0.2, 0.25) is 0 Å². The lowest BCUT2D eigenvalue weighted by atomic mass is 10.1. The van der Waals surface area contributed by atoms with Crippen molar-refractivity contribution in [3.63, 3.8) is 0 Å². The van der Waals surface area contributed by atoms with E-state index in [-0.39, 0.29) is 11.3 Å². The van der Waals surface area contributed by atoms with E-state index < -0.39 is 4.92 Å². The normalized spacial score (nSPS) is 9.30. The molecule has 0 bridgehead atoms. The van der Waals surface area contributed by atoms with E-state index in [9.17, 15) is 10.1 Å². The smallest absolute Gasteiger partial charge is 0.289 e. The molecular weight excluding hydrogens is 256 g/mol. The lowest BCUT2D eigenvalue weighted by Crippen LogP contribution is -1.96. The second kappa shape index (κ2) is 5.51. The average Bonchev–Trinajstić information content (AvgIpc) is 2.47. The molecule has 0 aliphatic heterocycles. The number of benzene rings is 2. The Balaban J connectivity index is 2.35. The monoisotopic (exact) mass is 264 g/mol. The Bertz CT molecular complexity index is 756. The van der Waals surface area contributed by atoms with Gasteiger partial charge >= 0.3 is 0 Å². The van der Waals surface area contributed by atoms with Crippen molar-refractivity contribution in [1.29, 1.82) is 10.5 Å². The van der Waals surface area contributed by atoms with Crippen LogP contribution in [0.4, 0.5) is 17.1 Å². The predicted octanol–water partition coefficient (Wildman–Crippen LogP) is 3.08. The molecule has 0 saturated carbocycles. The van der Waals surface area contributed by atoms with Gasteiger partial charge in [-0.15, -0.1) is 0 Å². The highest BCUT2D eigenvalue weighted by atomic mass is 16.6. The molecule has 2 rings (SSSR count). The molecule has 6 nitrogen and oxygen atoms in total. The highest BCUT2D eigenvalue weighted by Crippen LogP contribution is 2.25. The Labute approximate surface area is 114 Å². The lowest BCUT2D eigenvalue weighted by molar-refractivity contribution is -0.385. The minimum Gasteiger partial charge on any atom is -0.355 e. The lowest BCUT2D eigenvalue weighted by Gasteiger charge is -2.06. The van der Waals surface area contributed by atoms with Crippen LogP contribution in [0.3, 0.4) is 0 Å². The second-order valence-electron chi connectivity index (χ2n) is 3.92. The second-order valence-corrected chi connectivity index (χ2v) is 3.92. The highest BCUT2D eigenvalue weighted by Gasteiger charge is 2.14. The maximum Gasteiger partial charge on any atom is 0.289 e. The van der Waals surface area contributed by atoms with E-state index in [0.717, 1.165) is 0 Å². The summed E-state index contributed by atoms with van der Waals surface area (Å²) in [5, 5.41) is 31.4. The van der Waals surface area contributed by atoms with Gasteiger partial charge in [-0.3, -0.25) is 10.1 Å². The van der Waals surface area contributed by atoms with Gasteiger partial charge < -0.3 is 5.32 Å². The first-order valence-electron chi connectivity index (χ1n) is 5.60. The van der Waals surface area contributed by atoms with Crippen molar-refractivity contribution >= 4 is 17.1 Å². The van der Waals surface area contributed by atoms with Crippen molar-refractivity contribution in [2.45, 2.75) is 0 Å². The van der Waals surface area contributed by atoms with Gasteiger partial charge in [-0.2, -0.15) is 10.5 Å². The van der Waals surface area contributed by atoms with Gasteiger partial charge in [0.25, 0.3) is 5.69 Å². The summed E-state index contributed by atoms with van der Waals surface area (Å²) in [5.74, 6) is 0. The molecular formula is C14H8N4O2. The summed E-state index contributed by atoms with van der Waals surface area (Å²) in [6.45, 7) is 0. The molecule has 0 amide bonds. The summed E-state index contributed by atoms with van der Waals surface area (Å²) in [6, 6.07) is 14.8. The van der Waals surface area contributed by atoms with Gasteiger partial charge in [-0.25, -0.2) is 0 Å². The molecule has 0 spiro atoms. The Hall–Kier alpha value is -3.38. The first-order chi connectivity index (χ1) is 9.63. The molecule has 2 aromatic carbocycles. The van der Waals surface area contributed by atoms with Crippen molar-refractivity contribution < 1.29 is 4.92 Å². The van der Waals surface area contributed by atoms with Crippen molar-refractivity contribution in [3.05, 3.63) is 63.7 Å². The van der Waals surface area contributed by atoms with Gasteiger partial charge in [0.05, 0.1) is 16.6 Å². The molecule has 0 aromatic heterocycles. The number of anilines is 2. The van der Waals surface area contributed by atoms with E-state index in [1.165, 1.54) is 12.1 Å². The summed E-state index contributed by atoms with van der Waals surface area (Å²) in [7, 11) is 0. The number of nitrogens with zero attached hydrogens (tertiary/aromatic N) is 3. The van der Waals surface area contributed by atoms with Crippen LogP contribution in [0, 0.1) is 32.8 Å². The van der Waals surface area contributed by atoms with Crippen molar-refractivity contribution in [1.82, 2.24) is 0 Å². The van der Waals surface area contributed by atoms with Gasteiger partial charge in [0, 0.05) is 17.4 Å². The SMILES string of the molecule is N#Cc1cccc(Nc2ccc(C#N)c([N+](=O)[O-])c2)c1. The fourth-order valence-electron chi connectivity index (χ4n) is 1.69. The zero-order valence-electron chi connectivity index (χ0n) is 10.2. The molecule has 6 heteroatoms. The van der Waals surface area contributed by atoms with Crippen molar-refractivity contribution in [3.8, 4) is 12.1 Å². The maximum atomic E-state index is 10.9. The molecule has 2 aromatic rings. The minimum absolute atomic E-state index is 0.00586. The molecule has 0 heterocycles. The topological polar surface area (TPSA) is 103 Å². The molecule has 0 fully saturated rings. The Morgan fingerprint density at radius 1 is 1.05 bits per heavy atom. The van der Waals surface area contributed by atoms with Crippen molar-refractivity contribution in [2.75, 3.05) is 5.32 Å². The van der Waals surface area contributed by atoms with Crippen LogP contribution in [0.1, 0.15) is 11.1 Å². The molecule has 0 aliphatic carbocycles. The van der Waals surface area contributed by atoms with Crippen LogP contribution in [-0.4, -0.2) is 4.92 Å². The third kappa shape index (κ3) is 2.71. The molecule has 0 saturated heterocycles. The van der Waals surface area contributed by atoms with E-state index in [2.05, 4.69) is 5.32 Å². The first kappa shape index (κ1) is 13.1. The van der Waals surface area contributed by atoms with E-state index in [1.54, 1.807) is 36.4 Å². The number of hydrogen-bond donors (Lipinski definition) is 1. The van der Waals surface area contributed by atoms with Crippen LogP contribution in [0.15, 0.2) is 42.5 Å². The molecule has 0 atom stereocenters. The number of nitro groups is 1. The van der Waals surface area contributed by atoms with Crippen LogP contribution in [-0.2, 0) is 0 Å². The standard InChI is InChI=1S/C14H8N4O2/c15-8-10-2-1-3-12(6-10)17-13-5-4-11(9-16)14(7-13)18(19)20/h1-7,17H. The Morgan fingerprint density at radius 3 is 2.45 bits per heavy atom. The van der Waals surface area contributed by atoms with Crippen LogP contribution >= 0.6 is 0 Å². The Kier molecular flexibility index (Phi) is 3.60. The van der Waals surface area contributed by atoms with Gasteiger partial charge in [-0.1, -0.05) is 6.07 Å². The Morgan fingerprint density at radius 2 is 1.80 bits per heavy atom. The zero-order chi connectivity index (χ0) is 14.5. The number of rotatable bonds is 3. The predicted molar refractivity (Wildman–Crippen MR) is 72.3 cm³/mol. The van der Waals surface area contributed by atoms with Crippen LogP contribution < -0.4 is 5.32 Å². The van der Waals surface area contributed by atoms with Gasteiger partial charge in [0.1, 0.15) is 11.6 Å². The largest absolute Gasteiger partial charge is 0.355 e. The van der Waals surface area contributed by atoms with E-state index >= 15 is 0 Å². The zero-order valence-corrected chi connectivity index (χ0v) is 10.2. The molecule has 0 radical (unpaired) electrons. The fraction of sp³-hybridized carbons (Fsp3) is 0. The fourth-order valence-corrected chi connectivity index (χ4v) is 1.69. The first-order valence-corrected chi connectivity index (χ1v) is 5.60. The number of nitro benzene ring substituents is 1. The van der Waals surface area contributed by atoms with Gasteiger partial charge in [0.2, 0.25) is 0 Å². The molecule has 0 aliphatic rings. The summed E-state index contributed by atoms with van der Waals surface area (Å²) < 4.78 is 0. The number of nitrogens with one attached hydrogen (secondary N) is 1. The molecule has 0 unspecified atom stereocenters.